The second-order valence-electron chi connectivity index (χ2n) is 3.72. The second-order valence-corrected chi connectivity index (χ2v) is 4.12. The van der Waals surface area contributed by atoms with Crippen molar-refractivity contribution in [3.05, 3.63) is 35.2 Å². The normalized spacial score (nSPS) is 10.4. The van der Waals surface area contributed by atoms with Crippen molar-refractivity contribution in [2.45, 2.75) is 0 Å². The van der Waals surface area contributed by atoms with Crippen molar-refractivity contribution in [2.75, 3.05) is 7.11 Å². The quantitative estimate of drug-likeness (QED) is 0.927. The summed E-state index contributed by atoms with van der Waals surface area (Å²) in [6.07, 6.45) is 1.64. The number of hydrogen-bond donors (Lipinski definition) is 1. The Balaban J connectivity index is 2.46. The van der Waals surface area contributed by atoms with Crippen molar-refractivity contribution in [1.82, 2.24) is 9.55 Å². The van der Waals surface area contributed by atoms with E-state index < -0.39 is 5.97 Å². The van der Waals surface area contributed by atoms with Gasteiger partial charge in [-0.1, -0.05) is 11.6 Å². The number of nitrogens with zero attached hydrogens (tertiary/aromatic N) is 2. The minimum absolute atomic E-state index is 0.0167. The van der Waals surface area contributed by atoms with Crippen LogP contribution in [0.4, 0.5) is 0 Å². The minimum atomic E-state index is -1.07. The molecule has 2 aromatic rings. The molecule has 1 N–H and O–H groups in total. The van der Waals surface area contributed by atoms with Gasteiger partial charge in [0.15, 0.2) is 0 Å². The molecular formula is C12H11ClN2O3. The zero-order chi connectivity index (χ0) is 13.3. The van der Waals surface area contributed by atoms with E-state index in [9.17, 15) is 4.79 Å². The van der Waals surface area contributed by atoms with Crippen LogP contribution in [0.3, 0.4) is 0 Å². The van der Waals surface area contributed by atoms with Crippen molar-refractivity contribution < 1.29 is 14.6 Å². The molecule has 0 radical (unpaired) electrons. The number of carboxylic acid groups (broad SMARTS) is 1. The van der Waals surface area contributed by atoms with Crippen LogP contribution in [0.1, 0.15) is 10.6 Å². The maximum Gasteiger partial charge on any atom is 0.372 e. The van der Waals surface area contributed by atoms with E-state index in [4.69, 9.17) is 21.4 Å². The van der Waals surface area contributed by atoms with Crippen LogP contribution in [0.2, 0.25) is 5.02 Å². The van der Waals surface area contributed by atoms with Gasteiger partial charge in [0.05, 0.1) is 17.8 Å². The Kier molecular flexibility index (Phi) is 3.25. The number of hydrogen-bond acceptors (Lipinski definition) is 3. The van der Waals surface area contributed by atoms with Crippen molar-refractivity contribution in [3.8, 4) is 17.0 Å². The number of halogens is 1. The molecule has 0 bridgehead atoms. The first-order valence-corrected chi connectivity index (χ1v) is 5.51. The summed E-state index contributed by atoms with van der Waals surface area (Å²) in [6, 6.07) is 5.18. The van der Waals surface area contributed by atoms with Gasteiger partial charge < -0.3 is 14.4 Å². The summed E-state index contributed by atoms with van der Waals surface area (Å²) in [5.74, 6) is -0.518. The lowest BCUT2D eigenvalue weighted by Crippen LogP contribution is -2.04. The first kappa shape index (κ1) is 12.4. The highest BCUT2D eigenvalue weighted by Gasteiger charge is 2.14. The second kappa shape index (κ2) is 4.70. The van der Waals surface area contributed by atoms with Gasteiger partial charge in [0.2, 0.25) is 5.82 Å². The SMILES string of the molecule is COc1ccc(-c2cn(C)c(C(=O)O)n2)cc1Cl. The van der Waals surface area contributed by atoms with Crippen molar-refractivity contribution in [3.63, 3.8) is 0 Å². The predicted molar refractivity (Wildman–Crippen MR) is 67.2 cm³/mol. The number of imidazole rings is 1. The van der Waals surface area contributed by atoms with Crippen LogP contribution in [0.15, 0.2) is 24.4 Å². The van der Waals surface area contributed by atoms with E-state index in [1.807, 2.05) is 0 Å². The molecule has 1 aromatic heterocycles. The highest BCUT2D eigenvalue weighted by Crippen LogP contribution is 2.29. The highest BCUT2D eigenvalue weighted by molar-refractivity contribution is 6.32. The minimum Gasteiger partial charge on any atom is -0.495 e. The molecule has 0 unspecified atom stereocenters. The van der Waals surface area contributed by atoms with Gasteiger partial charge in [-0.05, 0) is 18.2 Å². The number of carbonyl (C=O) groups is 1. The Morgan fingerprint density at radius 3 is 2.72 bits per heavy atom. The average Bonchev–Trinajstić information content (AvgIpc) is 2.71. The van der Waals surface area contributed by atoms with Crippen LogP contribution in [0.25, 0.3) is 11.3 Å². The van der Waals surface area contributed by atoms with Crippen molar-refractivity contribution in [1.29, 1.82) is 0 Å². The number of aryl methyl sites for hydroxylation is 1. The van der Waals surface area contributed by atoms with E-state index in [-0.39, 0.29) is 5.82 Å². The van der Waals surface area contributed by atoms with Gasteiger partial charge in [-0.3, -0.25) is 0 Å². The molecule has 1 aromatic carbocycles. The number of methoxy groups -OCH3 is 1. The first-order chi connectivity index (χ1) is 8.52. The average molecular weight is 267 g/mol. The van der Waals surface area contributed by atoms with Crippen LogP contribution < -0.4 is 4.74 Å². The number of aromatic nitrogens is 2. The largest absolute Gasteiger partial charge is 0.495 e. The third-order valence-corrected chi connectivity index (χ3v) is 2.81. The van der Waals surface area contributed by atoms with Crippen LogP contribution in [0.5, 0.6) is 5.75 Å². The molecule has 94 valence electrons. The van der Waals surface area contributed by atoms with Gasteiger partial charge >= 0.3 is 5.97 Å². The molecular weight excluding hydrogens is 256 g/mol. The van der Waals surface area contributed by atoms with Gasteiger partial charge in [0, 0.05) is 18.8 Å². The lowest BCUT2D eigenvalue weighted by atomic mass is 10.1. The maximum absolute atomic E-state index is 10.9. The molecule has 0 amide bonds. The Morgan fingerprint density at radius 2 is 2.22 bits per heavy atom. The summed E-state index contributed by atoms with van der Waals surface area (Å²) in [5, 5.41) is 9.39. The molecule has 0 atom stereocenters. The summed E-state index contributed by atoms with van der Waals surface area (Å²) < 4.78 is 6.51. The molecule has 0 spiro atoms. The number of rotatable bonds is 3. The molecule has 18 heavy (non-hydrogen) atoms. The van der Waals surface area contributed by atoms with Gasteiger partial charge in [0.1, 0.15) is 5.75 Å². The Labute approximate surface area is 109 Å². The van der Waals surface area contributed by atoms with Crippen LogP contribution >= 0.6 is 11.6 Å². The number of aromatic carboxylic acids is 1. The first-order valence-electron chi connectivity index (χ1n) is 5.13. The van der Waals surface area contributed by atoms with E-state index in [0.29, 0.717) is 16.5 Å². The summed E-state index contributed by atoms with van der Waals surface area (Å²) in [7, 11) is 3.16. The van der Waals surface area contributed by atoms with Gasteiger partial charge in [-0.2, -0.15) is 0 Å². The van der Waals surface area contributed by atoms with E-state index in [2.05, 4.69) is 4.98 Å². The highest BCUT2D eigenvalue weighted by atomic mass is 35.5. The van der Waals surface area contributed by atoms with Crippen LogP contribution in [0, 0.1) is 0 Å². The Morgan fingerprint density at radius 1 is 1.50 bits per heavy atom. The van der Waals surface area contributed by atoms with E-state index in [1.54, 1.807) is 31.4 Å². The summed E-state index contributed by atoms with van der Waals surface area (Å²) in [4.78, 5) is 14.9. The predicted octanol–water partition coefficient (Wildman–Crippen LogP) is 2.45. The lowest BCUT2D eigenvalue weighted by Gasteiger charge is -2.03. The molecule has 1 heterocycles. The molecule has 0 saturated heterocycles. The van der Waals surface area contributed by atoms with Gasteiger partial charge in [0.25, 0.3) is 0 Å². The standard InChI is InChI=1S/C12H11ClN2O3/c1-15-6-9(14-11(15)12(16)17)7-3-4-10(18-2)8(13)5-7/h3-6H,1-2H3,(H,16,17). The van der Waals surface area contributed by atoms with Gasteiger partial charge in [-0.25, -0.2) is 9.78 Å². The number of ether oxygens (including phenoxy) is 1. The number of carboxylic acids is 1. The number of benzene rings is 1. The smallest absolute Gasteiger partial charge is 0.372 e. The molecule has 0 aliphatic rings. The van der Waals surface area contributed by atoms with Gasteiger partial charge in [-0.15, -0.1) is 0 Å². The molecule has 0 aliphatic heterocycles. The monoisotopic (exact) mass is 266 g/mol. The molecule has 5 nitrogen and oxygen atoms in total. The fraction of sp³-hybridized carbons (Fsp3) is 0.167. The summed E-state index contributed by atoms with van der Waals surface area (Å²) in [5.41, 5.74) is 1.29. The summed E-state index contributed by atoms with van der Waals surface area (Å²) >= 11 is 6.01. The van der Waals surface area contributed by atoms with E-state index in [1.165, 1.54) is 11.7 Å². The summed E-state index contributed by atoms with van der Waals surface area (Å²) in [6.45, 7) is 0. The van der Waals surface area contributed by atoms with Crippen molar-refractivity contribution >= 4 is 17.6 Å². The molecule has 6 heteroatoms. The fourth-order valence-corrected chi connectivity index (χ4v) is 1.89. The van der Waals surface area contributed by atoms with Crippen LogP contribution in [-0.4, -0.2) is 27.7 Å². The third kappa shape index (κ3) is 2.17. The lowest BCUT2D eigenvalue weighted by molar-refractivity contribution is 0.0680. The maximum atomic E-state index is 10.9. The molecule has 0 saturated carbocycles. The zero-order valence-corrected chi connectivity index (χ0v) is 10.6. The van der Waals surface area contributed by atoms with E-state index >= 15 is 0 Å². The third-order valence-electron chi connectivity index (χ3n) is 2.52. The topological polar surface area (TPSA) is 64.3 Å². The fourth-order valence-electron chi connectivity index (χ4n) is 1.63. The Bertz CT molecular complexity index is 607. The van der Waals surface area contributed by atoms with Crippen molar-refractivity contribution in [2.24, 2.45) is 7.05 Å². The van der Waals surface area contributed by atoms with E-state index in [0.717, 1.165) is 5.56 Å². The molecule has 0 fully saturated rings. The van der Waals surface area contributed by atoms with Crippen LogP contribution in [-0.2, 0) is 7.05 Å². The molecule has 0 aliphatic carbocycles. The Hall–Kier alpha value is -2.01. The zero-order valence-electron chi connectivity index (χ0n) is 9.85. The molecule has 2 rings (SSSR count).